The molecule has 0 radical (unpaired) electrons. The maximum Gasteiger partial charge on any atom is 0.409 e. The molecule has 5 heteroatoms. The summed E-state index contributed by atoms with van der Waals surface area (Å²) in [5, 5.41) is 8.67. The lowest BCUT2D eigenvalue weighted by Gasteiger charge is -1.98. The molecule has 1 aliphatic rings. The standard InChI is InChI=1S/C9H11F3O2/c1-8(2)5(6(8)7(13)14)3-4-9(10,11)12/h3-6H,1-2H3,(H,13,14)/b4-3-/t5?,6-/m0/s1. The maximum absolute atomic E-state index is 11.8. The summed E-state index contributed by atoms with van der Waals surface area (Å²) < 4.78 is 35.4. The molecule has 0 aromatic rings. The predicted molar refractivity (Wildman–Crippen MR) is 43.6 cm³/mol. The lowest BCUT2D eigenvalue weighted by molar-refractivity contribution is -0.139. The van der Waals surface area contributed by atoms with Crippen LogP contribution in [-0.2, 0) is 4.79 Å². The van der Waals surface area contributed by atoms with Gasteiger partial charge < -0.3 is 5.11 Å². The summed E-state index contributed by atoms with van der Waals surface area (Å²) in [7, 11) is 0. The second kappa shape index (κ2) is 3.00. The number of allylic oxidation sites excluding steroid dienone is 2. The molecule has 1 unspecified atom stereocenters. The van der Waals surface area contributed by atoms with Gasteiger partial charge >= 0.3 is 12.1 Å². The summed E-state index contributed by atoms with van der Waals surface area (Å²) >= 11 is 0. The number of carboxylic acid groups (broad SMARTS) is 1. The lowest BCUT2D eigenvalue weighted by atomic mass is 10.1. The van der Waals surface area contributed by atoms with Crippen LogP contribution in [0, 0.1) is 17.3 Å². The van der Waals surface area contributed by atoms with Crippen molar-refractivity contribution in [3.05, 3.63) is 12.2 Å². The number of carbonyl (C=O) groups is 1. The number of hydrogen-bond donors (Lipinski definition) is 1. The number of carboxylic acids is 1. The molecule has 2 atom stereocenters. The Balaban J connectivity index is 2.67. The summed E-state index contributed by atoms with van der Waals surface area (Å²) in [4.78, 5) is 10.6. The van der Waals surface area contributed by atoms with Crippen LogP contribution < -0.4 is 0 Å². The molecule has 1 fully saturated rings. The van der Waals surface area contributed by atoms with Crippen molar-refractivity contribution in [2.24, 2.45) is 17.3 Å². The number of rotatable bonds is 2. The Hall–Kier alpha value is -1.00. The van der Waals surface area contributed by atoms with E-state index in [1.54, 1.807) is 13.8 Å². The van der Waals surface area contributed by atoms with E-state index in [1.807, 2.05) is 0 Å². The molecule has 0 saturated heterocycles. The van der Waals surface area contributed by atoms with Gasteiger partial charge in [0.05, 0.1) is 5.92 Å². The van der Waals surface area contributed by atoms with Crippen LogP contribution in [-0.4, -0.2) is 17.3 Å². The summed E-state index contributed by atoms with van der Waals surface area (Å²) in [6.07, 6.45) is -3.30. The second-order valence-electron chi connectivity index (χ2n) is 4.06. The van der Waals surface area contributed by atoms with E-state index in [0.717, 1.165) is 6.08 Å². The van der Waals surface area contributed by atoms with Gasteiger partial charge in [-0.3, -0.25) is 4.79 Å². The highest BCUT2D eigenvalue weighted by molar-refractivity contribution is 5.76. The molecule has 80 valence electrons. The summed E-state index contributed by atoms with van der Waals surface area (Å²) in [6, 6.07) is 0. The van der Waals surface area contributed by atoms with Gasteiger partial charge in [-0.2, -0.15) is 13.2 Å². The Bertz CT molecular complexity index is 278. The van der Waals surface area contributed by atoms with Gasteiger partial charge in [0.25, 0.3) is 0 Å². The Morgan fingerprint density at radius 3 is 2.21 bits per heavy atom. The highest BCUT2D eigenvalue weighted by Crippen LogP contribution is 2.59. The smallest absolute Gasteiger partial charge is 0.409 e. The SMILES string of the molecule is CC1(C)C(/C=C\C(F)(F)F)[C@H]1C(=O)O. The van der Waals surface area contributed by atoms with E-state index in [4.69, 9.17) is 5.11 Å². The molecular formula is C9H11F3O2. The molecule has 0 aromatic heterocycles. The van der Waals surface area contributed by atoms with Crippen molar-refractivity contribution in [3.63, 3.8) is 0 Å². The molecular weight excluding hydrogens is 197 g/mol. The fourth-order valence-corrected chi connectivity index (χ4v) is 1.72. The van der Waals surface area contributed by atoms with Crippen molar-refractivity contribution in [1.82, 2.24) is 0 Å². The Labute approximate surface area is 79.4 Å². The summed E-state index contributed by atoms with van der Waals surface area (Å²) in [5.74, 6) is -2.24. The van der Waals surface area contributed by atoms with Gasteiger partial charge in [-0.1, -0.05) is 19.9 Å². The van der Waals surface area contributed by atoms with Gasteiger partial charge in [-0.15, -0.1) is 0 Å². The highest BCUT2D eigenvalue weighted by Gasteiger charge is 2.60. The van der Waals surface area contributed by atoms with Crippen molar-refractivity contribution < 1.29 is 23.1 Å². The van der Waals surface area contributed by atoms with Gasteiger partial charge in [0.2, 0.25) is 0 Å². The summed E-state index contributed by atoms with van der Waals surface area (Å²) in [5.41, 5.74) is -0.562. The molecule has 0 bridgehead atoms. The van der Waals surface area contributed by atoms with E-state index in [9.17, 15) is 18.0 Å². The Morgan fingerprint density at radius 1 is 1.43 bits per heavy atom. The first-order chi connectivity index (χ1) is 6.16. The molecule has 1 saturated carbocycles. The number of hydrogen-bond acceptors (Lipinski definition) is 1. The molecule has 0 heterocycles. The van der Waals surface area contributed by atoms with Crippen LogP contribution in [0.3, 0.4) is 0 Å². The first-order valence-corrected chi connectivity index (χ1v) is 4.15. The van der Waals surface area contributed by atoms with Crippen LogP contribution in [0.25, 0.3) is 0 Å². The van der Waals surface area contributed by atoms with E-state index >= 15 is 0 Å². The largest absolute Gasteiger partial charge is 0.481 e. The molecule has 0 aromatic carbocycles. The quantitative estimate of drug-likeness (QED) is 0.708. The molecule has 1 aliphatic carbocycles. The maximum atomic E-state index is 11.8. The van der Waals surface area contributed by atoms with E-state index in [1.165, 1.54) is 0 Å². The van der Waals surface area contributed by atoms with Crippen LogP contribution >= 0.6 is 0 Å². The van der Waals surface area contributed by atoms with Gasteiger partial charge in [-0.05, 0) is 11.3 Å². The van der Waals surface area contributed by atoms with Crippen molar-refractivity contribution >= 4 is 5.97 Å². The minimum Gasteiger partial charge on any atom is -0.481 e. The third-order valence-electron chi connectivity index (χ3n) is 2.67. The first-order valence-electron chi connectivity index (χ1n) is 4.15. The van der Waals surface area contributed by atoms with Crippen LogP contribution in [0.2, 0.25) is 0 Å². The summed E-state index contributed by atoms with van der Waals surface area (Å²) in [6.45, 7) is 3.30. The van der Waals surface area contributed by atoms with Gasteiger partial charge in [0.15, 0.2) is 0 Å². The molecule has 0 spiro atoms. The van der Waals surface area contributed by atoms with Gasteiger partial charge in [-0.25, -0.2) is 0 Å². The lowest BCUT2D eigenvalue weighted by Crippen LogP contribution is -2.03. The Kier molecular flexibility index (Phi) is 2.37. The van der Waals surface area contributed by atoms with Crippen LogP contribution in [0.4, 0.5) is 13.2 Å². The second-order valence-corrected chi connectivity index (χ2v) is 4.06. The van der Waals surface area contributed by atoms with Crippen molar-refractivity contribution in [3.8, 4) is 0 Å². The fraction of sp³-hybridized carbons (Fsp3) is 0.667. The fourth-order valence-electron chi connectivity index (χ4n) is 1.72. The average molecular weight is 208 g/mol. The zero-order valence-corrected chi connectivity index (χ0v) is 7.80. The number of alkyl halides is 3. The molecule has 0 amide bonds. The average Bonchev–Trinajstić information content (AvgIpc) is 2.47. The van der Waals surface area contributed by atoms with E-state index < -0.39 is 29.4 Å². The molecule has 1 rings (SSSR count). The van der Waals surface area contributed by atoms with Crippen molar-refractivity contribution in [1.29, 1.82) is 0 Å². The molecule has 2 nitrogen and oxygen atoms in total. The first kappa shape index (κ1) is 11.1. The van der Waals surface area contributed by atoms with E-state index in [0.29, 0.717) is 0 Å². The van der Waals surface area contributed by atoms with Gasteiger partial charge in [0, 0.05) is 6.08 Å². The zero-order chi connectivity index (χ0) is 11.1. The van der Waals surface area contributed by atoms with E-state index in [2.05, 4.69) is 0 Å². The number of aliphatic carboxylic acids is 1. The van der Waals surface area contributed by atoms with Crippen LogP contribution in [0.1, 0.15) is 13.8 Å². The molecule has 1 N–H and O–H groups in total. The molecule has 14 heavy (non-hydrogen) atoms. The predicted octanol–water partition coefficient (Wildman–Crippen LogP) is 2.46. The number of halogens is 3. The molecule has 0 aliphatic heterocycles. The normalized spacial score (nSPS) is 30.6. The van der Waals surface area contributed by atoms with E-state index in [-0.39, 0.29) is 6.08 Å². The monoisotopic (exact) mass is 208 g/mol. The third-order valence-corrected chi connectivity index (χ3v) is 2.67. The van der Waals surface area contributed by atoms with Crippen LogP contribution in [0.5, 0.6) is 0 Å². The van der Waals surface area contributed by atoms with Crippen molar-refractivity contribution in [2.75, 3.05) is 0 Å². The minimum atomic E-state index is -4.36. The van der Waals surface area contributed by atoms with Crippen LogP contribution in [0.15, 0.2) is 12.2 Å². The Morgan fingerprint density at radius 2 is 1.93 bits per heavy atom. The van der Waals surface area contributed by atoms with Crippen molar-refractivity contribution in [2.45, 2.75) is 20.0 Å². The topological polar surface area (TPSA) is 37.3 Å². The third kappa shape index (κ3) is 2.08. The van der Waals surface area contributed by atoms with Gasteiger partial charge in [0.1, 0.15) is 0 Å². The highest BCUT2D eigenvalue weighted by atomic mass is 19.4. The zero-order valence-electron chi connectivity index (χ0n) is 7.80. The minimum absolute atomic E-state index is 0.113.